The van der Waals surface area contributed by atoms with Crippen molar-refractivity contribution in [1.29, 1.82) is 0 Å². The number of pyridine rings is 1. The van der Waals surface area contributed by atoms with Crippen molar-refractivity contribution in [2.75, 3.05) is 30.4 Å². The van der Waals surface area contributed by atoms with Crippen LogP contribution in [-0.2, 0) is 7.05 Å². The fourth-order valence-corrected chi connectivity index (χ4v) is 4.89. The predicted molar refractivity (Wildman–Crippen MR) is 140 cm³/mol. The molecule has 194 valence electrons. The summed E-state index contributed by atoms with van der Waals surface area (Å²) in [5.41, 5.74) is 8.90. The lowest BCUT2D eigenvalue weighted by atomic mass is 10.0. The number of ether oxygens (including phenoxy) is 1. The predicted octanol–water partition coefficient (Wildman–Crippen LogP) is 4.26. The van der Waals surface area contributed by atoms with Crippen molar-refractivity contribution in [2.24, 2.45) is 12.8 Å². The second-order valence-corrected chi connectivity index (χ2v) is 9.30. The van der Waals surface area contributed by atoms with Crippen molar-refractivity contribution in [2.45, 2.75) is 32.0 Å². The quantitative estimate of drug-likeness (QED) is 0.335. The summed E-state index contributed by atoms with van der Waals surface area (Å²) in [7, 11) is 3.33. The lowest BCUT2D eigenvalue weighted by molar-refractivity contribution is 0.203. The summed E-state index contributed by atoms with van der Waals surface area (Å²) in [5, 5.41) is 14.2. The number of aliphatic hydroxyl groups excluding tert-OH is 1. The molecule has 0 radical (unpaired) electrons. The lowest BCUT2D eigenvalue weighted by Gasteiger charge is -2.34. The first-order chi connectivity index (χ1) is 17.8. The number of piperidine rings is 1. The number of aromatic nitrogens is 3. The molecular formula is C27H30F2N6O2. The number of anilines is 2. The summed E-state index contributed by atoms with van der Waals surface area (Å²) in [4.78, 5) is 11.0. The van der Waals surface area contributed by atoms with Gasteiger partial charge in [0.1, 0.15) is 28.6 Å². The number of nitrogens with zero attached hydrogens (tertiary/aromatic N) is 4. The topological polar surface area (TPSA) is 101 Å². The molecule has 0 bridgehead atoms. The number of imidazole rings is 1. The first kappa shape index (κ1) is 24.9. The molecule has 4 N–H and O–H groups in total. The molecule has 0 spiro atoms. The van der Waals surface area contributed by atoms with Gasteiger partial charge in [-0.1, -0.05) is 6.07 Å². The average Bonchev–Trinajstić information content (AvgIpc) is 3.18. The van der Waals surface area contributed by atoms with E-state index < -0.39 is 17.9 Å². The standard InChI is InChI=1S/C27H30F2N6O2/c1-15-32-24-20(34(15)2)8-7-19(26(24)35-13-10-16(30)11-14-35)33-27(36)17-9-12-31-25(23(17)29)22-18(28)5-4-6-21(22)37-3/h4-9,12,16,27,33,36H,10-11,13-14,30H2,1-3H3. The molecule has 1 unspecified atom stereocenters. The summed E-state index contributed by atoms with van der Waals surface area (Å²) in [6.45, 7) is 3.41. The number of halogens is 2. The molecule has 4 aromatic rings. The van der Waals surface area contributed by atoms with Crippen molar-refractivity contribution in [3.63, 3.8) is 0 Å². The summed E-state index contributed by atoms with van der Waals surface area (Å²) in [6, 6.07) is 9.50. The van der Waals surface area contributed by atoms with Crippen LogP contribution in [0.5, 0.6) is 5.75 Å². The molecule has 0 amide bonds. The van der Waals surface area contributed by atoms with Crippen molar-refractivity contribution in [1.82, 2.24) is 14.5 Å². The van der Waals surface area contributed by atoms with E-state index in [1.165, 1.54) is 37.6 Å². The monoisotopic (exact) mass is 508 g/mol. The van der Waals surface area contributed by atoms with Crippen LogP contribution in [0.1, 0.15) is 30.5 Å². The van der Waals surface area contributed by atoms with Gasteiger partial charge in [-0.05, 0) is 50.1 Å². The summed E-state index contributed by atoms with van der Waals surface area (Å²) in [6.07, 6.45) is 1.56. The third kappa shape index (κ3) is 4.47. The summed E-state index contributed by atoms with van der Waals surface area (Å²) >= 11 is 0. The second-order valence-electron chi connectivity index (χ2n) is 9.30. The Labute approximate surface area is 213 Å². The van der Waals surface area contributed by atoms with E-state index >= 15 is 4.39 Å². The molecular weight excluding hydrogens is 478 g/mol. The molecule has 1 aliphatic rings. The fourth-order valence-electron chi connectivity index (χ4n) is 4.89. The number of rotatable bonds is 6. The number of nitrogens with two attached hydrogens (primary N) is 1. The van der Waals surface area contributed by atoms with E-state index in [9.17, 15) is 9.50 Å². The first-order valence-electron chi connectivity index (χ1n) is 12.2. The maximum absolute atomic E-state index is 15.7. The van der Waals surface area contributed by atoms with Crippen molar-refractivity contribution in [3.05, 3.63) is 65.6 Å². The zero-order valence-electron chi connectivity index (χ0n) is 21.0. The van der Waals surface area contributed by atoms with Crippen LogP contribution in [0, 0.1) is 18.6 Å². The normalized spacial score (nSPS) is 15.3. The minimum absolute atomic E-state index is 0.0702. The Balaban J connectivity index is 1.55. The van der Waals surface area contributed by atoms with Gasteiger partial charge in [-0.2, -0.15) is 0 Å². The van der Waals surface area contributed by atoms with Crippen LogP contribution < -0.4 is 20.7 Å². The highest BCUT2D eigenvalue weighted by atomic mass is 19.1. The molecule has 5 rings (SSSR count). The van der Waals surface area contributed by atoms with E-state index in [2.05, 4.69) is 15.2 Å². The number of hydrogen-bond acceptors (Lipinski definition) is 7. The SMILES string of the molecule is COc1cccc(F)c1-c1nccc(C(O)Nc2ccc3c(nc(C)n3C)c2N2CCC(N)CC2)c1F. The molecule has 8 nitrogen and oxygen atoms in total. The molecule has 2 aromatic carbocycles. The van der Waals surface area contributed by atoms with Gasteiger partial charge >= 0.3 is 0 Å². The third-order valence-corrected chi connectivity index (χ3v) is 7.04. The second kappa shape index (κ2) is 9.95. The maximum atomic E-state index is 15.7. The smallest absolute Gasteiger partial charge is 0.157 e. The lowest BCUT2D eigenvalue weighted by Crippen LogP contribution is -2.40. The van der Waals surface area contributed by atoms with Gasteiger partial charge in [0.05, 0.1) is 29.6 Å². The van der Waals surface area contributed by atoms with Crippen LogP contribution in [0.2, 0.25) is 0 Å². The highest BCUT2D eigenvalue weighted by Gasteiger charge is 2.26. The number of aliphatic hydroxyl groups is 1. The number of fused-ring (bicyclic) bond motifs is 1. The molecule has 1 saturated heterocycles. The Morgan fingerprint density at radius 2 is 1.92 bits per heavy atom. The Kier molecular flexibility index (Phi) is 6.70. The highest BCUT2D eigenvalue weighted by molar-refractivity contribution is 5.97. The molecule has 2 aromatic heterocycles. The number of hydrogen-bond donors (Lipinski definition) is 3. The molecule has 3 heterocycles. The zero-order valence-corrected chi connectivity index (χ0v) is 21.0. The Morgan fingerprint density at radius 3 is 2.65 bits per heavy atom. The zero-order chi connectivity index (χ0) is 26.3. The van der Waals surface area contributed by atoms with Crippen LogP contribution >= 0.6 is 0 Å². The van der Waals surface area contributed by atoms with Gasteiger partial charge in [0.2, 0.25) is 0 Å². The molecule has 0 saturated carbocycles. The maximum Gasteiger partial charge on any atom is 0.157 e. The number of methoxy groups -OCH3 is 1. The summed E-state index contributed by atoms with van der Waals surface area (Å²) < 4.78 is 37.6. The van der Waals surface area contributed by atoms with Crippen LogP contribution in [-0.4, -0.2) is 45.9 Å². The van der Waals surface area contributed by atoms with E-state index in [4.69, 9.17) is 15.5 Å². The molecule has 1 fully saturated rings. The highest BCUT2D eigenvalue weighted by Crippen LogP contribution is 2.39. The van der Waals surface area contributed by atoms with Gasteiger partial charge in [0.15, 0.2) is 12.0 Å². The average molecular weight is 509 g/mol. The van der Waals surface area contributed by atoms with Crippen LogP contribution in [0.15, 0.2) is 42.6 Å². The van der Waals surface area contributed by atoms with E-state index in [-0.39, 0.29) is 28.6 Å². The van der Waals surface area contributed by atoms with Crippen LogP contribution in [0.4, 0.5) is 20.2 Å². The van der Waals surface area contributed by atoms with E-state index in [0.29, 0.717) is 5.69 Å². The number of nitrogens with one attached hydrogen (secondary N) is 1. The minimum atomic E-state index is -1.44. The van der Waals surface area contributed by atoms with Gasteiger partial charge in [0.25, 0.3) is 0 Å². The molecule has 1 atom stereocenters. The van der Waals surface area contributed by atoms with Crippen molar-refractivity contribution < 1.29 is 18.6 Å². The Bertz CT molecular complexity index is 1450. The van der Waals surface area contributed by atoms with Gasteiger partial charge in [-0.25, -0.2) is 13.8 Å². The van der Waals surface area contributed by atoms with E-state index in [1.54, 1.807) is 0 Å². The third-order valence-electron chi connectivity index (χ3n) is 7.04. The van der Waals surface area contributed by atoms with Gasteiger partial charge in [-0.15, -0.1) is 0 Å². The summed E-state index contributed by atoms with van der Waals surface area (Å²) in [5.74, 6) is -0.517. The number of aryl methyl sites for hydroxylation is 2. The number of benzene rings is 2. The van der Waals surface area contributed by atoms with Gasteiger partial charge in [0, 0.05) is 37.9 Å². The molecule has 10 heteroatoms. The minimum Gasteiger partial charge on any atom is -0.496 e. The van der Waals surface area contributed by atoms with Crippen LogP contribution in [0.3, 0.4) is 0 Å². The van der Waals surface area contributed by atoms with Crippen molar-refractivity contribution >= 4 is 22.4 Å². The van der Waals surface area contributed by atoms with Crippen LogP contribution in [0.25, 0.3) is 22.3 Å². The van der Waals surface area contributed by atoms with Crippen molar-refractivity contribution in [3.8, 4) is 17.0 Å². The van der Waals surface area contributed by atoms with E-state index in [1.807, 2.05) is 30.7 Å². The Morgan fingerprint density at radius 1 is 1.16 bits per heavy atom. The fraction of sp³-hybridized carbons (Fsp3) is 0.333. The van der Waals surface area contributed by atoms with Gasteiger partial charge < -0.3 is 30.4 Å². The largest absolute Gasteiger partial charge is 0.496 e. The first-order valence-corrected chi connectivity index (χ1v) is 12.2. The van der Waals surface area contributed by atoms with E-state index in [0.717, 1.165) is 48.5 Å². The Hall–Kier alpha value is -3.76. The molecule has 37 heavy (non-hydrogen) atoms. The van der Waals surface area contributed by atoms with Gasteiger partial charge in [-0.3, -0.25) is 4.98 Å². The molecule has 0 aliphatic carbocycles. The molecule has 1 aliphatic heterocycles.